The number of carbonyl (C=O) groups is 1. The first-order chi connectivity index (χ1) is 11.5. The van der Waals surface area contributed by atoms with Gasteiger partial charge in [-0.25, -0.2) is 0 Å². The second-order valence-electron chi connectivity index (χ2n) is 5.62. The van der Waals surface area contributed by atoms with E-state index in [2.05, 4.69) is 5.32 Å². The zero-order chi connectivity index (χ0) is 17.1. The maximum atomic E-state index is 12.3. The van der Waals surface area contributed by atoms with Crippen molar-refractivity contribution in [1.82, 2.24) is 0 Å². The van der Waals surface area contributed by atoms with E-state index in [0.717, 1.165) is 16.8 Å². The summed E-state index contributed by atoms with van der Waals surface area (Å²) in [4.78, 5) is 12.3. The Hall–Kier alpha value is -1.85. The molecule has 1 N–H and O–H groups in total. The van der Waals surface area contributed by atoms with Crippen LogP contribution in [0, 0.1) is 6.92 Å². The van der Waals surface area contributed by atoms with Gasteiger partial charge in [-0.2, -0.15) is 0 Å². The van der Waals surface area contributed by atoms with Crippen molar-refractivity contribution in [2.75, 3.05) is 12.1 Å². The predicted octanol–water partition coefficient (Wildman–Crippen LogP) is 4.64. The minimum Gasteiger partial charge on any atom is -0.454 e. The molecule has 0 radical (unpaired) electrons. The Morgan fingerprint density at radius 3 is 2.96 bits per heavy atom. The summed E-state index contributed by atoms with van der Waals surface area (Å²) in [6, 6.07) is 11.5. The quantitative estimate of drug-likeness (QED) is 0.840. The molecule has 0 aliphatic carbocycles. The molecule has 3 rings (SSSR count). The maximum absolute atomic E-state index is 12.3. The Balaban J connectivity index is 1.58. The second-order valence-corrected chi connectivity index (χ2v) is 7.36. The predicted molar refractivity (Wildman–Crippen MR) is 98.1 cm³/mol. The molecule has 4 nitrogen and oxygen atoms in total. The molecule has 1 amide bonds. The topological polar surface area (TPSA) is 47.6 Å². The first-order valence-corrected chi connectivity index (χ1v) is 9.03. The third-order valence-electron chi connectivity index (χ3n) is 3.64. The summed E-state index contributed by atoms with van der Waals surface area (Å²) < 4.78 is 10.7. The summed E-state index contributed by atoms with van der Waals surface area (Å²) in [5, 5.41) is 3.30. The van der Waals surface area contributed by atoms with Gasteiger partial charge in [-0.1, -0.05) is 23.7 Å². The molecular formula is C18H18ClNO3S. The van der Waals surface area contributed by atoms with Crippen molar-refractivity contribution < 1.29 is 14.3 Å². The molecule has 0 spiro atoms. The van der Waals surface area contributed by atoms with E-state index < -0.39 is 0 Å². The van der Waals surface area contributed by atoms with Crippen molar-refractivity contribution >= 4 is 35.0 Å². The van der Waals surface area contributed by atoms with Gasteiger partial charge in [0.1, 0.15) is 0 Å². The minimum absolute atomic E-state index is 0.0163. The van der Waals surface area contributed by atoms with Gasteiger partial charge < -0.3 is 14.8 Å². The summed E-state index contributed by atoms with van der Waals surface area (Å²) >= 11 is 7.73. The normalized spacial score (nSPS) is 13.6. The van der Waals surface area contributed by atoms with Gasteiger partial charge in [0.2, 0.25) is 12.7 Å². The van der Waals surface area contributed by atoms with Crippen LogP contribution >= 0.6 is 23.4 Å². The molecule has 2 aromatic carbocycles. The Morgan fingerprint density at radius 1 is 1.33 bits per heavy atom. The summed E-state index contributed by atoms with van der Waals surface area (Å²) in [5.74, 6) is 1.90. The van der Waals surface area contributed by atoms with Crippen LogP contribution in [0.5, 0.6) is 11.5 Å². The van der Waals surface area contributed by atoms with Gasteiger partial charge in [0.15, 0.2) is 11.5 Å². The van der Waals surface area contributed by atoms with Crippen LogP contribution in [0.15, 0.2) is 36.4 Å². The minimum atomic E-state index is -0.185. The van der Waals surface area contributed by atoms with Crippen molar-refractivity contribution in [1.29, 1.82) is 0 Å². The maximum Gasteiger partial charge on any atom is 0.237 e. The highest BCUT2D eigenvalue weighted by Crippen LogP contribution is 2.40. The number of ether oxygens (including phenoxy) is 2. The monoisotopic (exact) mass is 363 g/mol. The standard InChI is InChI=1S/C18H18ClNO3S/c1-11-4-3-5-14(6-11)20-18(21)12(2)24-9-13-7-15(19)17-16(8-13)22-10-23-17/h3-8,12H,9-10H2,1-2H3,(H,20,21). The van der Waals surface area contributed by atoms with Crippen LogP contribution in [-0.2, 0) is 10.5 Å². The lowest BCUT2D eigenvalue weighted by Crippen LogP contribution is -2.22. The van der Waals surface area contributed by atoms with Gasteiger partial charge in [-0.15, -0.1) is 11.8 Å². The van der Waals surface area contributed by atoms with Gasteiger partial charge in [0.25, 0.3) is 0 Å². The number of benzene rings is 2. The zero-order valence-electron chi connectivity index (χ0n) is 13.5. The highest BCUT2D eigenvalue weighted by Gasteiger charge is 2.19. The van der Waals surface area contributed by atoms with Crippen LogP contribution in [0.1, 0.15) is 18.1 Å². The van der Waals surface area contributed by atoms with Crippen molar-refractivity contribution in [2.45, 2.75) is 24.9 Å². The molecule has 0 saturated carbocycles. The number of amides is 1. The molecular weight excluding hydrogens is 346 g/mol. The fraction of sp³-hybridized carbons (Fsp3) is 0.278. The zero-order valence-corrected chi connectivity index (χ0v) is 15.0. The number of thioether (sulfide) groups is 1. The molecule has 1 atom stereocenters. The lowest BCUT2D eigenvalue weighted by Gasteiger charge is -2.13. The Kier molecular flexibility index (Phi) is 5.21. The molecule has 1 aliphatic rings. The highest BCUT2D eigenvalue weighted by molar-refractivity contribution is 7.99. The number of rotatable bonds is 5. The molecule has 126 valence electrons. The number of nitrogens with one attached hydrogen (secondary N) is 1. The van der Waals surface area contributed by atoms with E-state index >= 15 is 0 Å². The summed E-state index contributed by atoms with van der Waals surface area (Å²) in [6.45, 7) is 4.09. The Bertz CT molecular complexity index is 766. The number of anilines is 1. The first kappa shape index (κ1) is 17.0. The third-order valence-corrected chi connectivity index (χ3v) is 5.14. The van der Waals surface area contributed by atoms with Gasteiger partial charge in [-0.3, -0.25) is 4.79 Å². The molecule has 6 heteroatoms. The molecule has 24 heavy (non-hydrogen) atoms. The largest absolute Gasteiger partial charge is 0.454 e. The van der Waals surface area contributed by atoms with Crippen molar-refractivity contribution in [3.8, 4) is 11.5 Å². The van der Waals surface area contributed by atoms with Crippen LogP contribution in [0.25, 0.3) is 0 Å². The number of hydrogen-bond acceptors (Lipinski definition) is 4. The molecule has 0 aromatic heterocycles. The Morgan fingerprint density at radius 2 is 2.17 bits per heavy atom. The number of carbonyl (C=O) groups excluding carboxylic acids is 1. The smallest absolute Gasteiger partial charge is 0.237 e. The van der Waals surface area contributed by atoms with Crippen LogP contribution in [0.3, 0.4) is 0 Å². The van der Waals surface area contributed by atoms with E-state index in [1.54, 1.807) is 11.8 Å². The van der Waals surface area contributed by atoms with Crippen molar-refractivity contribution in [2.24, 2.45) is 0 Å². The fourth-order valence-corrected chi connectivity index (χ4v) is 3.47. The van der Waals surface area contributed by atoms with Crippen molar-refractivity contribution in [3.63, 3.8) is 0 Å². The average molecular weight is 364 g/mol. The molecule has 1 heterocycles. The molecule has 0 bridgehead atoms. The molecule has 1 aliphatic heterocycles. The summed E-state index contributed by atoms with van der Waals surface area (Å²) in [7, 11) is 0. The van der Waals surface area contributed by atoms with Crippen LogP contribution in [-0.4, -0.2) is 18.0 Å². The summed E-state index contributed by atoms with van der Waals surface area (Å²) in [5.41, 5.74) is 2.94. The molecule has 0 fully saturated rings. The first-order valence-electron chi connectivity index (χ1n) is 7.60. The van der Waals surface area contributed by atoms with Crippen LogP contribution < -0.4 is 14.8 Å². The van der Waals surface area contributed by atoms with E-state index in [1.807, 2.05) is 50.2 Å². The SMILES string of the molecule is Cc1cccc(NC(=O)C(C)SCc2cc(Cl)c3c(c2)OCO3)c1. The van der Waals surface area contributed by atoms with Gasteiger partial charge in [0.05, 0.1) is 10.3 Å². The number of hydrogen-bond donors (Lipinski definition) is 1. The van der Waals surface area contributed by atoms with Crippen LogP contribution in [0.4, 0.5) is 5.69 Å². The van der Waals surface area contributed by atoms with Crippen LogP contribution in [0.2, 0.25) is 5.02 Å². The van der Waals surface area contributed by atoms with Gasteiger partial charge in [0, 0.05) is 11.4 Å². The van der Waals surface area contributed by atoms with Crippen molar-refractivity contribution in [3.05, 3.63) is 52.5 Å². The lowest BCUT2D eigenvalue weighted by atomic mass is 10.2. The van der Waals surface area contributed by atoms with Gasteiger partial charge >= 0.3 is 0 Å². The van der Waals surface area contributed by atoms with E-state index in [0.29, 0.717) is 22.3 Å². The number of halogens is 1. The molecule has 0 saturated heterocycles. The van der Waals surface area contributed by atoms with E-state index in [-0.39, 0.29) is 18.0 Å². The number of aryl methyl sites for hydroxylation is 1. The fourth-order valence-electron chi connectivity index (χ4n) is 2.37. The summed E-state index contributed by atoms with van der Waals surface area (Å²) in [6.07, 6.45) is 0. The lowest BCUT2D eigenvalue weighted by molar-refractivity contribution is -0.115. The third kappa shape index (κ3) is 3.97. The molecule has 2 aromatic rings. The number of fused-ring (bicyclic) bond motifs is 1. The second kappa shape index (κ2) is 7.36. The Labute approximate surface area is 150 Å². The van der Waals surface area contributed by atoms with E-state index in [9.17, 15) is 4.79 Å². The molecule has 1 unspecified atom stereocenters. The van der Waals surface area contributed by atoms with E-state index in [4.69, 9.17) is 21.1 Å². The highest BCUT2D eigenvalue weighted by atomic mass is 35.5. The van der Waals surface area contributed by atoms with E-state index in [1.165, 1.54) is 0 Å². The average Bonchev–Trinajstić information content (AvgIpc) is 3.01. The van der Waals surface area contributed by atoms with Gasteiger partial charge in [-0.05, 0) is 49.2 Å².